The molecular formula is C13H20N2O2S. The van der Waals surface area contributed by atoms with E-state index in [1.807, 2.05) is 13.8 Å². The van der Waals surface area contributed by atoms with Crippen molar-refractivity contribution in [3.8, 4) is 0 Å². The fourth-order valence-corrected chi connectivity index (χ4v) is 3.58. The molecule has 5 heteroatoms. The molecule has 0 saturated carbocycles. The molecule has 1 saturated heterocycles. The van der Waals surface area contributed by atoms with Crippen LogP contribution in [-0.2, 0) is 4.79 Å². The summed E-state index contributed by atoms with van der Waals surface area (Å²) in [5.41, 5.74) is 1.09. The molecule has 0 amide bonds. The van der Waals surface area contributed by atoms with Gasteiger partial charge in [0.05, 0.1) is 5.01 Å². The zero-order valence-electron chi connectivity index (χ0n) is 10.9. The molecule has 1 unspecified atom stereocenters. The number of carbonyl (C=O) groups is 1. The average Bonchev–Trinajstić information content (AvgIpc) is 2.77. The second-order valence-electron chi connectivity index (χ2n) is 4.90. The van der Waals surface area contributed by atoms with Crippen LogP contribution in [0.5, 0.6) is 0 Å². The van der Waals surface area contributed by atoms with Gasteiger partial charge in [-0.1, -0.05) is 6.92 Å². The number of likely N-dealkylation sites (tertiary alicyclic amines) is 1. The number of hydrogen-bond acceptors (Lipinski definition) is 4. The maximum Gasteiger partial charge on any atom is 0.320 e. The van der Waals surface area contributed by atoms with Crippen molar-refractivity contribution in [2.75, 3.05) is 13.1 Å². The smallest absolute Gasteiger partial charge is 0.320 e. The molecule has 4 nitrogen and oxygen atoms in total. The fraction of sp³-hybridized carbons (Fsp3) is 0.692. The van der Waals surface area contributed by atoms with Crippen LogP contribution in [-0.4, -0.2) is 40.1 Å². The van der Waals surface area contributed by atoms with Crippen LogP contribution in [0.4, 0.5) is 0 Å². The molecule has 0 radical (unpaired) electrons. The zero-order chi connectivity index (χ0) is 13.1. The van der Waals surface area contributed by atoms with E-state index in [0.717, 1.165) is 31.6 Å². The van der Waals surface area contributed by atoms with E-state index in [1.54, 1.807) is 11.3 Å². The third kappa shape index (κ3) is 2.90. The third-order valence-corrected chi connectivity index (χ3v) is 4.75. The highest BCUT2D eigenvalue weighted by Crippen LogP contribution is 2.31. The summed E-state index contributed by atoms with van der Waals surface area (Å²) in [7, 11) is 0. The van der Waals surface area contributed by atoms with E-state index in [4.69, 9.17) is 5.11 Å². The lowest BCUT2D eigenvalue weighted by Gasteiger charge is -2.34. The summed E-state index contributed by atoms with van der Waals surface area (Å²) in [6.45, 7) is 5.70. The molecule has 100 valence electrons. The Hall–Kier alpha value is -0.940. The second-order valence-corrected chi connectivity index (χ2v) is 5.79. The van der Waals surface area contributed by atoms with Crippen LogP contribution in [0.25, 0.3) is 0 Å². The van der Waals surface area contributed by atoms with Crippen molar-refractivity contribution in [3.63, 3.8) is 0 Å². The number of aromatic nitrogens is 1. The van der Waals surface area contributed by atoms with E-state index in [1.165, 1.54) is 5.01 Å². The summed E-state index contributed by atoms with van der Waals surface area (Å²) in [6, 6.07) is -0.316. The van der Waals surface area contributed by atoms with Crippen LogP contribution in [0.15, 0.2) is 5.38 Å². The van der Waals surface area contributed by atoms with Crippen molar-refractivity contribution in [2.45, 2.75) is 45.1 Å². The van der Waals surface area contributed by atoms with E-state index in [0.29, 0.717) is 12.3 Å². The first-order valence-electron chi connectivity index (χ1n) is 6.50. The van der Waals surface area contributed by atoms with E-state index < -0.39 is 5.97 Å². The number of piperidine rings is 1. The van der Waals surface area contributed by atoms with Gasteiger partial charge in [-0.05, 0) is 39.3 Å². The number of rotatable bonds is 4. The topological polar surface area (TPSA) is 53.4 Å². The van der Waals surface area contributed by atoms with Crippen LogP contribution in [0.2, 0.25) is 0 Å². The van der Waals surface area contributed by atoms with Crippen molar-refractivity contribution in [1.82, 2.24) is 9.88 Å². The van der Waals surface area contributed by atoms with Crippen molar-refractivity contribution < 1.29 is 9.90 Å². The van der Waals surface area contributed by atoms with Gasteiger partial charge in [-0.15, -0.1) is 11.3 Å². The molecule has 2 rings (SSSR count). The lowest BCUT2D eigenvalue weighted by molar-refractivity contribution is -0.143. The number of carboxylic acid groups (broad SMARTS) is 1. The van der Waals surface area contributed by atoms with Gasteiger partial charge >= 0.3 is 5.97 Å². The molecule has 18 heavy (non-hydrogen) atoms. The van der Waals surface area contributed by atoms with Crippen molar-refractivity contribution in [1.29, 1.82) is 0 Å². The van der Waals surface area contributed by atoms with Gasteiger partial charge in [-0.2, -0.15) is 0 Å². The van der Waals surface area contributed by atoms with Gasteiger partial charge in [0.25, 0.3) is 0 Å². The SMILES string of the molecule is CCC(C(=O)O)N1CCC(c2nc(C)cs2)CC1. The Morgan fingerprint density at radius 1 is 1.61 bits per heavy atom. The van der Waals surface area contributed by atoms with Gasteiger partial charge in [-0.3, -0.25) is 9.69 Å². The summed E-state index contributed by atoms with van der Waals surface area (Å²) < 4.78 is 0. The van der Waals surface area contributed by atoms with E-state index in [2.05, 4.69) is 15.3 Å². The highest BCUT2D eigenvalue weighted by molar-refractivity contribution is 7.09. The lowest BCUT2D eigenvalue weighted by atomic mass is 9.96. The van der Waals surface area contributed by atoms with Crippen LogP contribution >= 0.6 is 11.3 Å². The molecule has 1 aliphatic heterocycles. The van der Waals surface area contributed by atoms with Crippen molar-refractivity contribution >= 4 is 17.3 Å². The largest absolute Gasteiger partial charge is 0.480 e. The van der Waals surface area contributed by atoms with E-state index >= 15 is 0 Å². The van der Waals surface area contributed by atoms with Crippen LogP contribution < -0.4 is 0 Å². The molecular weight excluding hydrogens is 248 g/mol. The zero-order valence-corrected chi connectivity index (χ0v) is 11.7. The average molecular weight is 268 g/mol. The van der Waals surface area contributed by atoms with Gasteiger partial charge in [0.1, 0.15) is 6.04 Å². The molecule has 0 bridgehead atoms. The van der Waals surface area contributed by atoms with Crippen molar-refractivity contribution in [2.24, 2.45) is 0 Å². The first kappa shape index (κ1) is 13.5. The Kier molecular flexibility index (Phi) is 4.35. The minimum atomic E-state index is -0.693. The lowest BCUT2D eigenvalue weighted by Crippen LogP contribution is -2.44. The van der Waals surface area contributed by atoms with Gasteiger partial charge < -0.3 is 5.11 Å². The summed E-state index contributed by atoms with van der Waals surface area (Å²) in [6.07, 6.45) is 2.73. The van der Waals surface area contributed by atoms with Crippen LogP contribution in [0.1, 0.15) is 42.8 Å². The van der Waals surface area contributed by atoms with Crippen LogP contribution in [0, 0.1) is 6.92 Å². The Labute approximate surface area is 112 Å². The molecule has 1 aromatic rings. The number of nitrogens with zero attached hydrogens (tertiary/aromatic N) is 2. The Bertz CT molecular complexity index is 411. The molecule has 1 aromatic heterocycles. The van der Waals surface area contributed by atoms with E-state index in [-0.39, 0.29) is 6.04 Å². The summed E-state index contributed by atoms with van der Waals surface area (Å²) >= 11 is 1.73. The Morgan fingerprint density at radius 3 is 2.72 bits per heavy atom. The molecule has 0 spiro atoms. The van der Waals surface area contributed by atoms with E-state index in [9.17, 15) is 4.79 Å². The number of thiazole rings is 1. The highest BCUT2D eigenvalue weighted by Gasteiger charge is 2.29. The first-order valence-corrected chi connectivity index (χ1v) is 7.38. The molecule has 1 fully saturated rings. The van der Waals surface area contributed by atoms with Gasteiger partial charge in [0.2, 0.25) is 0 Å². The Balaban J connectivity index is 1.93. The molecule has 2 heterocycles. The standard InChI is InChI=1S/C13H20N2O2S/c1-3-11(13(16)17)15-6-4-10(5-7-15)12-14-9(2)8-18-12/h8,10-11H,3-7H2,1-2H3,(H,16,17). The maximum atomic E-state index is 11.1. The molecule has 1 N–H and O–H groups in total. The predicted molar refractivity (Wildman–Crippen MR) is 72.1 cm³/mol. The normalized spacial score (nSPS) is 19.9. The summed E-state index contributed by atoms with van der Waals surface area (Å²) in [4.78, 5) is 17.8. The summed E-state index contributed by atoms with van der Waals surface area (Å²) in [5.74, 6) is -0.174. The van der Waals surface area contributed by atoms with Crippen LogP contribution in [0.3, 0.4) is 0 Å². The number of carboxylic acids is 1. The number of hydrogen-bond donors (Lipinski definition) is 1. The fourth-order valence-electron chi connectivity index (χ4n) is 2.61. The third-order valence-electron chi connectivity index (χ3n) is 3.63. The molecule has 0 aliphatic carbocycles. The van der Waals surface area contributed by atoms with Crippen molar-refractivity contribution in [3.05, 3.63) is 16.1 Å². The predicted octanol–water partition coefficient (Wildman–Crippen LogP) is 2.49. The molecule has 1 atom stereocenters. The van der Waals surface area contributed by atoms with Gasteiger partial charge in [0, 0.05) is 17.0 Å². The summed E-state index contributed by atoms with van der Waals surface area (Å²) in [5, 5.41) is 12.5. The Morgan fingerprint density at radius 2 is 2.28 bits per heavy atom. The highest BCUT2D eigenvalue weighted by atomic mass is 32.1. The number of aryl methyl sites for hydroxylation is 1. The second kappa shape index (κ2) is 5.80. The maximum absolute atomic E-state index is 11.1. The molecule has 0 aromatic carbocycles. The minimum absolute atomic E-state index is 0.316. The van der Waals surface area contributed by atoms with Gasteiger partial charge in [0.15, 0.2) is 0 Å². The first-order chi connectivity index (χ1) is 8.61. The monoisotopic (exact) mass is 268 g/mol. The quantitative estimate of drug-likeness (QED) is 0.911. The minimum Gasteiger partial charge on any atom is -0.480 e. The number of aliphatic carboxylic acids is 1. The molecule has 1 aliphatic rings. The van der Waals surface area contributed by atoms with Gasteiger partial charge in [-0.25, -0.2) is 4.98 Å².